The van der Waals surface area contributed by atoms with Gasteiger partial charge in [-0.05, 0) is 25.3 Å². The Kier molecular flexibility index (Phi) is 4.93. The first-order valence-corrected chi connectivity index (χ1v) is 7.55. The summed E-state index contributed by atoms with van der Waals surface area (Å²) in [5, 5.41) is 0. The molecule has 6 heteroatoms. The average molecular weight is 316 g/mol. The quantitative estimate of drug-likeness (QED) is 0.838. The van der Waals surface area contributed by atoms with Crippen LogP contribution in [-0.4, -0.2) is 45.5 Å². The number of aryl methyl sites for hydroxylation is 1. The molecule has 122 valence electrons. The maximum absolute atomic E-state index is 12.6. The maximum atomic E-state index is 12.6. The second kappa shape index (κ2) is 6.73. The molecule has 6 nitrogen and oxygen atoms in total. The lowest BCUT2D eigenvalue weighted by molar-refractivity contribution is -0.170. The topological polar surface area (TPSA) is 74.8 Å². The van der Waals surface area contributed by atoms with Gasteiger partial charge >= 0.3 is 0 Å². The van der Waals surface area contributed by atoms with Gasteiger partial charge in [0.2, 0.25) is 11.8 Å². The summed E-state index contributed by atoms with van der Waals surface area (Å²) in [5.41, 5.74) is 1.00. The van der Waals surface area contributed by atoms with Crippen molar-refractivity contribution in [3.05, 3.63) is 35.9 Å². The highest BCUT2D eigenvalue weighted by molar-refractivity contribution is 6.11. The van der Waals surface area contributed by atoms with E-state index in [0.717, 1.165) is 15.4 Å². The number of carbonyl (C=O) groups excluding carboxylic acids is 4. The van der Waals surface area contributed by atoms with Gasteiger partial charge in [0.25, 0.3) is 11.8 Å². The lowest BCUT2D eigenvalue weighted by atomic mass is 9.98. The number of rotatable bonds is 3. The first-order chi connectivity index (χ1) is 10.8. The SMILES string of the molecule is CC(=O)N1C(=O)[C@H](CCc2ccccc2)N(C(C)=O)C(=O)[C@@H]1C. The molecule has 1 aliphatic heterocycles. The number of hydrogen-bond acceptors (Lipinski definition) is 4. The maximum Gasteiger partial charge on any atom is 0.253 e. The van der Waals surface area contributed by atoms with Crippen LogP contribution in [0.2, 0.25) is 0 Å². The average Bonchev–Trinajstić information content (AvgIpc) is 2.49. The van der Waals surface area contributed by atoms with Crippen molar-refractivity contribution in [3.8, 4) is 0 Å². The van der Waals surface area contributed by atoms with Crippen molar-refractivity contribution in [2.75, 3.05) is 0 Å². The number of hydrogen-bond donors (Lipinski definition) is 0. The van der Waals surface area contributed by atoms with Crippen molar-refractivity contribution < 1.29 is 19.2 Å². The number of imide groups is 2. The summed E-state index contributed by atoms with van der Waals surface area (Å²) in [7, 11) is 0. The molecule has 0 radical (unpaired) electrons. The van der Waals surface area contributed by atoms with Crippen LogP contribution in [0.4, 0.5) is 0 Å². The molecule has 1 fully saturated rings. The zero-order valence-corrected chi connectivity index (χ0v) is 13.5. The fourth-order valence-corrected chi connectivity index (χ4v) is 2.93. The van der Waals surface area contributed by atoms with Gasteiger partial charge < -0.3 is 0 Å². The van der Waals surface area contributed by atoms with E-state index in [9.17, 15) is 19.2 Å². The number of nitrogens with zero attached hydrogens (tertiary/aromatic N) is 2. The predicted molar refractivity (Wildman–Crippen MR) is 83.1 cm³/mol. The van der Waals surface area contributed by atoms with Gasteiger partial charge in [-0.25, -0.2) is 0 Å². The summed E-state index contributed by atoms with van der Waals surface area (Å²) >= 11 is 0. The molecule has 0 N–H and O–H groups in total. The lowest BCUT2D eigenvalue weighted by Gasteiger charge is -2.41. The fraction of sp³-hybridized carbons (Fsp3) is 0.412. The molecule has 2 rings (SSSR count). The number of piperazine rings is 1. The monoisotopic (exact) mass is 316 g/mol. The molecule has 0 unspecified atom stereocenters. The molecule has 23 heavy (non-hydrogen) atoms. The highest BCUT2D eigenvalue weighted by atomic mass is 16.2. The Bertz CT molecular complexity index is 641. The van der Waals surface area contributed by atoms with E-state index in [1.165, 1.54) is 20.8 Å². The molecule has 1 aromatic rings. The van der Waals surface area contributed by atoms with Gasteiger partial charge in [0, 0.05) is 13.8 Å². The van der Waals surface area contributed by atoms with Gasteiger partial charge in [0.15, 0.2) is 0 Å². The molecular weight excluding hydrogens is 296 g/mol. The summed E-state index contributed by atoms with van der Waals surface area (Å²) in [4.78, 5) is 50.5. The Morgan fingerprint density at radius 2 is 1.52 bits per heavy atom. The van der Waals surface area contributed by atoms with Crippen LogP contribution >= 0.6 is 0 Å². The Morgan fingerprint density at radius 3 is 2.04 bits per heavy atom. The number of amides is 4. The van der Waals surface area contributed by atoms with Crippen LogP contribution < -0.4 is 0 Å². The highest BCUT2D eigenvalue weighted by Gasteiger charge is 2.46. The summed E-state index contributed by atoms with van der Waals surface area (Å²) < 4.78 is 0. The van der Waals surface area contributed by atoms with Gasteiger partial charge in [-0.15, -0.1) is 0 Å². The van der Waals surface area contributed by atoms with E-state index in [2.05, 4.69) is 0 Å². The highest BCUT2D eigenvalue weighted by Crippen LogP contribution is 2.22. The summed E-state index contributed by atoms with van der Waals surface area (Å²) in [6.07, 6.45) is 0.832. The van der Waals surface area contributed by atoms with Crippen LogP contribution in [0.25, 0.3) is 0 Å². The zero-order valence-electron chi connectivity index (χ0n) is 13.5. The van der Waals surface area contributed by atoms with E-state index >= 15 is 0 Å². The third kappa shape index (κ3) is 3.31. The molecular formula is C17H20N2O4. The molecule has 2 atom stereocenters. The lowest BCUT2D eigenvalue weighted by Crippen LogP contribution is -2.66. The molecule has 0 bridgehead atoms. The molecule has 0 aromatic heterocycles. The van der Waals surface area contributed by atoms with Crippen LogP contribution in [0.5, 0.6) is 0 Å². The van der Waals surface area contributed by atoms with Crippen molar-refractivity contribution in [3.63, 3.8) is 0 Å². The molecule has 0 saturated carbocycles. The molecule has 1 aromatic carbocycles. The van der Waals surface area contributed by atoms with Crippen LogP contribution in [-0.2, 0) is 25.6 Å². The minimum atomic E-state index is -0.947. The number of carbonyl (C=O) groups is 4. The van der Waals surface area contributed by atoms with E-state index in [1.807, 2.05) is 30.3 Å². The van der Waals surface area contributed by atoms with E-state index in [0.29, 0.717) is 12.8 Å². The summed E-state index contributed by atoms with van der Waals surface area (Å²) in [6, 6.07) is 7.61. The summed E-state index contributed by atoms with van der Waals surface area (Å²) in [5.74, 6) is -1.96. The molecule has 0 spiro atoms. The van der Waals surface area contributed by atoms with E-state index in [4.69, 9.17) is 0 Å². The second-order valence-electron chi connectivity index (χ2n) is 5.67. The predicted octanol–water partition coefficient (Wildman–Crippen LogP) is 1.14. The second-order valence-corrected chi connectivity index (χ2v) is 5.67. The van der Waals surface area contributed by atoms with Gasteiger partial charge in [0.1, 0.15) is 12.1 Å². The van der Waals surface area contributed by atoms with E-state index < -0.39 is 35.7 Å². The smallest absolute Gasteiger partial charge is 0.253 e. The normalized spacial score (nSPS) is 21.5. The van der Waals surface area contributed by atoms with Gasteiger partial charge in [0.05, 0.1) is 0 Å². The zero-order chi connectivity index (χ0) is 17.1. The Hall–Kier alpha value is -2.50. The molecule has 0 aliphatic carbocycles. The van der Waals surface area contributed by atoms with Crippen LogP contribution in [0.3, 0.4) is 0 Å². The first kappa shape index (κ1) is 16.9. The van der Waals surface area contributed by atoms with Crippen molar-refractivity contribution in [1.82, 2.24) is 9.80 Å². The van der Waals surface area contributed by atoms with E-state index in [-0.39, 0.29) is 0 Å². The van der Waals surface area contributed by atoms with Crippen molar-refractivity contribution in [1.29, 1.82) is 0 Å². The van der Waals surface area contributed by atoms with Crippen molar-refractivity contribution >= 4 is 23.6 Å². The van der Waals surface area contributed by atoms with Crippen molar-refractivity contribution in [2.24, 2.45) is 0 Å². The van der Waals surface area contributed by atoms with Crippen LogP contribution in [0.15, 0.2) is 30.3 Å². The fourth-order valence-electron chi connectivity index (χ4n) is 2.93. The van der Waals surface area contributed by atoms with E-state index in [1.54, 1.807) is 0 Å². The van der Waals surface area contributed by atoms with Gasteiger partial charge in [-0.3, -0.25) is 29.0 Å². The Balaban J connectivity index is 2.27. The number of benzene rings is 1. The molecule has 1 heterocycles. The molecule has 1 aliphatic rings. The largest absolute Gasteiger partial charge is 0.275 e. The minimum absolute atomic E-state index is 0.296. The standard InChI is InChI=1S/C17H20N2O4/c1-11-16(22)19(13(3)21)15(17(23)18(11)12(2)20)10-9-14-7-5-4-6-8-14/h4-8,11,15H,9-10H2,1-3H3/t11-,15-/m0/s1. The Labute approximate surface area is 135 Å². The molecule has 4 amide bonds. The summed E-state index contributed by atoms with van der Waals surface area (Å²) in [6.45, 7) is 3.97. The minimum Gasteiger partial charge on any atom is -0.275 e. The van der Waals surface area contributed by atoms with Crippen LogP contribution in [0, 0.1) is 0 Å². The van der Waals surface area contributed by atoms with Gasteiger partial charge in [-0.2, -0.15) is 0 Å². The van der Waals surface area contributed by atoms with Crippen LogP contribution in [0.1, 0.15) is 32.8 Å². The Morgan fingerprint density at radius 1 is 0.957 bits per heavy atom. The van der Waals surface area contributed by atoms with Crippen molar-refractivity contribution in [2.45, 2.75) is 45.7 Å². The first-order valence-electron chi connectivity index (χ1n) is 7.55. The third-order valence-electron chi connectivity index (χ3n) is 4.04. The molecule has 1 saturated heterocycles. The van der Waals surface area contributed by atoms with Gasteiger partial charge in [-0.1, -0.05) is 30.3 Å². The third-order valence-corrected chi connectivity index (χ3v) is 4.04.